The third-order valence-electron chi connectivity index (χ3n) is 2.66. The van der Waals surface area contributed by atoms with Crippen molar-refractivity contribution in [1.29, 1.82) is 0 Å². The van der Waals surface area contributed by atoms with Gasteiger partial charge in [-0.25, -0.2) is 0 Å². The zero-order valence-electron chi connectivity index (χ0n) is 8.67. The van der Waals surface area contributed by atoms with Crippen molar-refractivity contribution in [2.75, 3.05) is 0 Å². The fourth-order valence-electron chi connectivity index (χ4n) is 1.76. The van der Waals surface area contributed by atoms with Crippen LogP contribution in [0.5, 0.6) is 0 Å². The van der Waals surface area contributed by atoms with Crippen LogP contribution in [0.2, 0.25) is 0 Å². The van der Waals surface area contributed by atoms with Crippen LogP contribution < -0.4 is 0 Å². The van der Waals surface area contributed by atoms with Crippen LogP contribution in [0.25, 0.3) is 0 Å². The molecule has 2 aromatic rings. The fraction of sp³-hybridized carbons (Fsp3) is 0.231. The average Bonchev–Trinajstić information content (AvgIpc) is 2.51. The number of hydrogen-bond acceptors (Lipinski definition) is 0. The third kappa shape index (κ3) is 1.72. The number of nitrogens with one attached hydrogen (secondary N) is 1. The summed E-state index contributed by atoms with van der Waals surface area (Å²) in [6.07, 6.45) is 3.11. The van der Waals surface area contributed by atoms with Gasteiger partial charge in [0.1, 0.15) is 0 Å². The van der Waals surface area contributed by atoms with Gasteiger partial charge in [-0.1, -0.05) is 30.3 Å². The number of benzene rings is 1. The molecule has 1 aromatic carbocycles. The van der Waals surface area contributed by atoms with E-state index in [9.17, 15) is 0 Å². The first-order chi connectivity index (χ1) is 6.77. The fourth-order valence-corrected chi connectivity index (χ4v) is 1.76. The number of rotatable bonds is 2. The number of aryl methyl sites for hydroxylation is 2. The van der Waals surface area contributed by atoms with E-state index in [-0.39, 0.29) is 0 Å². The average molecular weight is 185 g/mol. The van der Waals surface area contributed by atoms with Crippen LogP contribution in [-0.2, 0) is 6.42 Å². The summed E-state index contributed by atoms with van der Waals surface area (Å²) in [6, 6.07) is 10.6. The molecule has 0 unspecified atom stereocenters. The molecule has 1 aromatic heterocycles. The second-order valence-electron chi connectivity index (χ2n) is 3.74. The molecule has 0 radical (unpaired) electrons. The minimum absolute atomic E-state index is 1.03. The van der Waals surface area contributed by atoms with Gasteiger partial charge < -0.3 is 4.98 Å². The molecule has 0 bridgehead atoms. The Labute approximate surface area is 84.8 Å². The number of aromatic amines is 1. The molecule has 1 heteroatoms. The van der Waals surface area contributed by atoms with E-state index >= 15 is 0 Å². The molecule has 0 spiro atoms. The van der Waals surface area contributed by atoms with Gasteiger partial charge in [0.25, 0.3) is 0 Å². The summed E-state index contributed by atoms with van der Waals surface area (Å²) < 4.78 is 0. The van der Waals surface area contributed by atoms with E-state index in [4.69, 9.17) is 0 Å². The number of hydrogen-bond donors (Lipinski definition) is 1. The van der Waals surface area contributed by atoms with Gasteiger partial charge in [0.15, 0.2) is 0 Å². The Morgan fingerprint density at radius 3 is 2.36 bits per heavy atom. The highest BCUT2D eigenvalue weighted by Crippen LogP contribution is 2.16. The SMILES string of the molecule is Cc1c[nH]c(C)c1Cc1ccccc1. The maximum Gasteiger partial charge on any atom is 0.0154 e. The number of H-pyrrole nitrogens is 1. The largest absolute Gasteiger partial charge is 0.365 e. The lowest BCUT2D eigenvalue weighted by Crippen LogP contribution is -1.90. The minimum Gasteiger partial charge on any atom is -0.365 e. The van der Waals surface area contributed by atoms with Crippen molar-refractivity contribution in [1.82, 2.24) is 4.98 Å². The number of aromatic nitrogens is 1. The van der Waals surface area contributed by atoms with E-state index in [0.717, 1.165) is 6.42 Å². The van der Waals surface area contributed by atoms with Gasteiger partial charge in [-0.3, -0.25) is 0 Å². The molecular weight excluding hydrogens is 170 g/mol. The van der Waals surface area contributed by atoms with Gasteiger partial charge in [-0.05, 0) is 37.0 Å². The molecule has 0 saturated heterocycles. The maximum absolute atomic E-state index is 3.26. The van der Waals surface area contributed by atoms with Crippen LogP contribution in [0.1, 0.15) is 22.4 Å². The predicted octanol–water partition coefficient (Wildman–Crippen LogP) is 3.22. The van der Waals surface area contributed by atoms with Crippen molar-refractivity contribution in [2.24, 2.45) is 0 Å². The molecule has 0 amide bonds. The van der Waals surface area contributed by atoms with Gasteiger partial charge in [-0.2, -0.15) is 0 Å². The van der Waals surface area contributed by atoms with Gasteiger partial charge in [-0.15, -0.1) is 0 Å². The Balaban J connectivity index is 2.27. The topological polar surface area (TPSA) is 15.8 Å². The van der Waals surface area contributed by atoms with Gasteiger partial charge in [0.05, 0.1) is 0 Å². The van der Waals surface area contributed by atoms with Crippen LogP contribution in [0.15, 0.2) is 36.5 Å². The molecular formula is C13H15N. The van der Waals surface area contributed by atoms with E-state index in [1.807, 2.05) is 0 Å². The molecule has 2 rings (SSSR count). The second kappa shape index (κ2) is 3.70. The minimum atomic E-state index is 1.03. The molecule has 0 fully saturated rings. The van der Waals surface area contributed by atoms with Crippen molar-refractivity contribution in [3.63, 3.8) is 0 Å². The Bertz CT molecular complexity index is 393. The van der Waals surface area contributed by atoms with E-state index in [2.05, 4.69) is 55.4 Å². The zero-order valence-corrected chi connectivity index (χ0v) is 8.67. The summed E-state index contributed by atoms with van der Waals surface area (Å²) in [4.78, 5) is 3.26. The molecule has 0 saturated carbocycles. The first kappa shape index (κ1) is 9.07. The maximum atomic E-state index is 3.26. The Kier molecular flexibility index (Phi) is 2.40. The molecule has 14 heavy (non-hydrogen) atoms. The van der Waals surface area contributed by atoms with Crippen LogP contribution in [0.3, 0.4) is 0 Å². The van der Waals surface area contributed by atoms with Gasteiger partial charge >= 0.3 is 0 Å². The molecule has 1 heterocycles. The predicted molar refractivity (Wildman–Crippen MR) is 59.5 cm³/mol. The van der Waals surface area contributed by atoms with E-state index in [1.54, 1.807) is 0 Å². The summed E-state index contributed by atoms with van der Waals surface area (Å²) in [5, 5.41) is 0. The van der Waals surface area contributed by atoms with Gasteiger partial charge in [0.2, 0.25) is 0 Å². The molecule has 0 aliphatic carbocycles. The highest BCUT2D eigenvalue weighted by atomic mass is 14.7. The highest BCUT2D eigenvalue weighted by Gasteiger charge is 2.04. The summed E-state index contributed by atoms with van der Waals surface area (Å²) in [5.41, 5.74) is 5.44. The smallest absolute Gasteiger partial charge is 0.0154 e. The molecule has 0 aliphatic heterocycles. The third-order valence-corrected chi connectivity index (χ3v) is 2.66. The lowest BCUT2D eigenvalue weighted by Gasteiger charge is -2.02. The lowest BCUT2D eigenvalue weighted by atomic mass is 10.0. The van der Waals surface area contributed by atoms with E-state index < -0.39 is 0 Å². The van der Waals surface area contributed by atoms with Crippen molar-refractivity contribution in [2.45, 2.75) is 20.3 Å². The summed E-state index contributed by atoms with van der Waals surface area (Å²) in [5.74, 6) is 0. The summed E-state index contributed by atoms with van der Waals surface area (Å²) in [7, 11) is 0. The molecule has 0 aliphatic rings. The van der Waals surface area contributed by atoms with Crippen molar-refractivity contribution >= 4 is 0 Å². The van der Waals surface area contributed by atoms with Gasteiger partial charge in [0, 0.05) is 11.9 Å². The first-order valence-electron chi connectivity index (χ1n) is 4.95. The Hall–Kier alpha value is -1.50. The van der Waals surface area contributed by atoms with E-state index in [1.165, 1.54) is 22.4 Å². The van der Waals surface area contributed by atoms with Crippen molar-refractivity contribution in [3.8, 4) is 0 Å². The van der Waals surface area contributed by atoms with Crippen molar-refractivity contribution in [3.05, 3.63) is 58.9 Å². The van der Waals surface area contributed by atoms with Crippen LogP contribution in [-0.4, -0.2) is 4.98 Å². The lowest BCUT2D eigenvalue weighted by molar-refractivity contribution is 1.12. The Morgan fingerprint density at radius 2 is 1.79 bits per heavy atom. The first-order valence-corrected chi connectivity index (χ1v) is 4.95. The molecule has 0 atom stereocenters. The normalized spacial score (nSPS) is 10.4. The molecule has 1 N–H and O–H groups in total. The van der Waals surface area contributed by atoms with Crippen LogP contribution in [0.4, 0.5) is 0 Å². The quantitative estimate of drug-likeness (QED) is 0.739. The highest BCUT2D eigenvalue weighted by molar-refractivity contribution is 5.34. The summed E-state index contributed by atoms with van der Waals surface area (Å²) in [6.45, 7) is 4.28. The van der Waals surface area contributed by atoms with Crippen LogP contribution >= 0.6 is 0 Å². The Morgan fingerprint density at radius 1 is 1.07 bits per heavy atom. The standard InChI is InChI=1S/C13H15N/c1-10-9-14-11(2)13(10)8-12-6-4-3-5-7-12/h3-7,9,14H,8H2,1-2H3. The summed E-state index contributed by atoms with van der Waals surface area (Å²) >= 11 is 0. The monoisotopic (exact) mass is 185 g/mol. The molecule has 72 valence electrons. The van der Waals surface area contributed by atoms with Crippen molar-refractivity contribution < 1.29 is 0 Å². The van der Waals surface area contributed by atoms with Crippen LogP contribution in [0, 0.1) is 13.8 Å². The second-order valence-corrected chi connectivity index (χ2v) is 3.74. The van der Waals surface area contributed by atoms with E-state index in [0.29, 0.717) is 0 Å². The zero-order chi connectivity index (χ0) is 9.97. The molecule has 1 nitrogen and oxygen atoms in total.